The molecule has 0 saturated heterocycles. The van der Waals surface area contributed by atoms with Crippen LogP contribution in [0.15, 0.2) is 18.2 Å². The van der Waals surface area contributed by atoms with E-state index in [2.05, 4.69) is 10.4 Å². The van der Waals surface area contributed by atoms with Gasteiger partial charge in [-0.1, -0.05) is 6.92 Å². The summed E-state index contributed by atoms with van der Waals surface area (Å²) in [5, 5.41) is 7.13. The topological polar surface area (TPSA) is 29.9 Å². The van der Waals surface area contributed by atoms with Gasteiger partial charge in [-0.3, -0.25) is 4.68 Å². The van der Waals surface area contributed by atoms with E-state index in [1.165, 1.54) is 0 Å². The minimum absolute atomic E-state index is 0.0641. The van der Waals surface area contributed by atoms with Gasteiger partial charge in [0.2, 0.25) is 0 Å². The second-order valence-electron chi connectivity index (χ2n) is 4.40. The Morgan fingerprint density at radius 2 is 1.75 bits per heavy atom. The minimum Gasteiger partial charge on any atom is -0.377 e. The molecule has 0 unspecified atom stereocenters. The van der Waals surface area contributed by atoms with Crippen molar-refractivity contribution in [2.45, 2.75) is 33.4 Å². The summed E-state index contributed by atoms with van der Waals surface area (Å²) in [6.45, 7) is 4.93. The van der Waals surface area contributed by atoms with E-state index in [1.54, 1.807) is 4.68 Å². The van der Waals surface area contributed by atoms with Gasteiger partial charge >= 0.3 is 0 Å². The van der Waals surface area contributed by atoms with Crippen LogP contribution in [-0.4, -0.2) is 9.78 Å². The molecule has 108 valence electrons. The third-order valence-corrected chi connectivity index (χ3v) is 3.05. The predicted molar refractivity (Wildman–Crippen MR) is 70.9 cm³/mol. The van der Waals surface area contributed by atoms with Crippen LogP contribution >= 0.6 is 0 Å². The summed E-state index contributed by atoms with van der Waals surface area (Å²) in [5.41, 5.74) is 1.74. The van der Waals surface area contributed by atoms with Crippen LogP contribution in [-0.2, 0) is 19.5 Å². The minimum atomic E-state index is -1.19. The average molecular weight is 283 g/mol. The Balaban J connectivity index is 2.16. The summed E-state index contributed by atoms with van der Waals surface area (Å²) in [7, 11) is 0. The largest absolute Gasteiger partial charge is 0.377 e. The molecule has 0 aliphatic rings. The first-order chi connectivity index (χ1) is 9.55. The smallest absolute Gasteiger partial charge is 0.161 e. The molecule has 0 aliphatic heterocycles. The number of halogens is 3. The lowest BCUT2D eigenvalue weighted by Gasteiger charge is -2.09. The SMILES string of the molecule is CCc1cc(CNc2cc(F)c(F)cc2F)n(CC)n1. The molecule has 3 nitrogen and oxygen atoms in total. The lowest BCUT2D eigenvalue weighted by molar-refractivity contribution is 0.496. The third-order valence-electron chi connectivity index (χ3n) is 3.05. The number of hydrogen-bond acceptors (Lipinski definition) is 2. The first kappa shape index (κ1) is 14.4. The number of nitrogens with zero attached hydrogens (tertiary/aromatic N) is 2. The number of aryl methyl sites for hydroxylation is 2. The van der Waals surface area contributed by atoms with Crippen molar-refractivity contribution in [1.82, 2.24) is 9.78 Å². The van der Waals surface area contributed by atoms with E-state index >= 15 is 0 Å². The Morgan fingerprint density at radius 3 is 2.40 bits per heavy atom. The van der Waals surface area contributed by atoms with Crippen LogP contribution in [0.3, 0.4) is 0 Å². The molecular formula is C14H16F3N3. The summed E-state index contributed by atoms with van der Waals surface area (Å²) in [6, 6.07) is 3.26. The second-order valence-corrected chi connectivity index (χ2v) is 4.40. The molecule has 1 aromatic heterocycles. The van der Waals surface area contributed by atoms with E-state index in [0.29, 0.717) is 19.2 Å². The summed E-state index contributed by atoms with van der Waals surface area (Å²) in [6.07, 6.45) is 0.805. The maximum Gasteiger partial charge on any atom is 0.161 e. The second kappa shape index (κ2) is 5.98. The van der Waals surface area contributed by atoms with Gasteiger partial charge in [-0.15, -0.1) is 0 Å². The van der Waals surface area contributed by atoms with Gasteiger partial charge in [0, 0.05) is 18.7 Å². The Morgan fingerprint density at radius 1 is 1.05 bits per heavy atom. The van der Waals surface area contributed by atoms with Crippen LogP contribution in [0.5, 0.6) is 0 Å². The molecule has 1 heterocycles. The number of anilines is 1. The maximum absolute atomic E-state index is 13.5. The van der Waals surface area contributed by atoms with Gasteiger partial charge in [-0.25, -0.2) is 13.2 Å². The molecule has 0 aliphatic carbocycles. The average Bonchev–Trinajstić information content (AvgIpc) is 2.84. The normalized spacial score (nSPS) is 10.8. The quantitative estimate of drug-likeness (QED) is 0.851. The van der Waals surface area contributed by atoms with Gasteiger partial charge in [0.25, 0.3) is 0 Å². The highest BCUT2D eigenvalue weighted by Gasteiger charge is 2.11. The number of hydrogen-bond donors (Lipinski definition) is 1. The van der Waals surface area contributed by atoms with Gasteiger partial charge in [0.15, 0.2) is 11.6 Å². The summed E-state index contributed by atoms with van der Waals surface area (Å²) >= 11 is 0. The predicted octanol–water partition coefficient (Wildman–Crippen LogP) is 3.49. The number of benzene rings is 1. The number of rotatable bonds is 5. The molecule has 0 bridgehead atoms. The van der Waals surface area contributed by atoms with Crippen LogP contribution in [0.1, 0.15) is 25.2 Å². The highest BCUT2D eigenvalue weighted by atomic mass is 19.2. The van der Waals surface area contributed by atoms with Crippen molar-refractivity contribution in [1.29, 1.82) is 0 Å². The molecule has 1 N–H and O–H groups in total. The van der Waals surface area contributed by atoms with Crippen LogP contribution in [0.4, 0.5) is 18.9 Å². The Bertz CT molecular complexity index is 608. The fourth-order valence-electron chi connectivity index (χ4n) is 1.95. The van der Waals surface area contributed by atoms with Crippen molar-refractivity contribution in [2.75, 3.05) is 5.32 Å². The van der Waals surface area contributed by atoms with Crippen LogP contribution in [0, 0.1) is 17.5 Å². The third kappa shape index (κ3) is 2.95. The molecule has 0 radical (unpaired) electrons. The Labute approximate surface area is 115 Å². The van der Waals surface area contributed by atoms with Gasteiger partial charge in [-0.2, -0.15) is 5.10 Å². The summed E-state index contributed by atoms with van der Waals surface area (Å²) in [5.74, 6) is -3.09. The van der Waals surface area contributed by atoms with Crippen molar-refractivity contribution >= 4 is 5.69 Å². The molecule has 6 heteroatoms. The number of nitrogens with one attached hydrogen (secondary N) is 1. The number of aromatic nitrogens is 2. The Hall–Kier alpha value is -1.98. The maximum atomic E-state index is 13.5. The van der Waals surface area contributed by atoms with E-state index in [-0.39, 0.29) is 5.69 Å². The molecule has 0 saturated carbocycles. The van der Waals surface area contributed by atoms with E-state index in [9.17, 15) is 13.2 Å². The van der Waals surface area contributed by atoms with E-state index in [4.69, 9.17) is 0 Å². The molecule has 0 fully saturated rings. The van der Waals surface area contributed by atoms with E-state index in [0.717, 1.165) is 23.9 Å². The highest BCUT2D eigenvalue weighted by Crippen LogP contribution is 2.19. The van der Waals surface area contributed by atoms with Crippen molar-refractivity contribution in [2.24, 2.45) is 0 Å². The molecule has 2 aromatic rings. The van der Waals surface area contributed by atoms with E-state index in [1.807, 2.05) is 19.9 Å². The molecule has 1 aromatic carbocycles. The highest BCUT2D eigenvalue weighted by molar-refractivity contribution is 5.45. The molecule has 2 rings (SSSR count). The lowest BCUT2D eigenvalue weighted by atomic mass is 10.2. The molecule has 20 heavy (non-hydrogen) atoms. The van der Waals surface area contributed by atoms with Gasteiger partial charge in [0.05, 0.1) is 23.6 Å². The fourth-order valence-corrected chi connectivity index (χ4v) is 1.95. The van der Waals surface area contributed by atoms with Crippen LogP contribution in [0.25, 0.3) is 0 Å². The van der Waals surface area contributed by atoms with E-state index < -0.39 is 17.5 Å². The zero-order valence-electron chi connectivity index (χ0n) is 11.4. The first-order valence-electron chi connectivity index (χ1n) is 6.49. The molecule has 0 spiro atoms. The van der Waals surface area contributed by atoms with Gasteiger partial charge < -0.3 is 5.32 Å². The first-order valence-corrected chi connectivity index (χ1v) is 6.49. The van der Waals surface area contributed by atoms with Gasteiger partial charge in [0.1, 0.15) is 5.82 Å². The Kier molecular flexibility index (Phi) is 4.32. The van der Waals surface area contributed by atoms with Crippen LogP contribution < -0.4 is 5.32 Å². The van der Waals surface area contributed by atoms with Crippen LogP contribution in [0.2, 0.25) is 0 Å². The van der Waals surface area contributed by atoms with Crippen molar-refractivity contribution in [3.05, 3.63) is 47.0 Å². The summed E-state index contributed by atoms with van der Waals surface area (Å²) in [4.78, 5) is 0. The zero-order valence-corrected chi connectivity index (χ0v) is 11.4. The van der Waals surface area contributed by atoms with Crippen molar-refractivity contribution < 1.29 is 13.2 Å². The molecule has 0 amide bonds. The molecular weight excluding hydrogens is 267 g/mol. The lowest BCUT2D eigenvalue weighted by Crippen LogP contribution is -2.09. The van der Waals surface area contributed by atoms with Crippen molar-refractivity contribution in [3.63, 3.8) is 0 Å². The molecule has 0 atom stereocenters. The van der Waals surface area contributed by atoms with Crippen molar-refractivity contribution in [3.8, 4) is 0 Å². The standard InChI is InChI=1S/C14H16F3N3/c1-3-9-5-10(20(4-2)19-9)8-18-14-7-12(16)11(15)6-13(14)17/h5-7,18H,3-4,8H2,1-2H3. The zero-order chi connectivity index (χ0) is 14.7. The summed E-state index contributed by atoms with van der Waals surface area (Å²) < 4.78 is 41.2. The fraction of sp³-hybridized carbons (Fsp3) is 0.357. The van der Waals surface area contributed by atoms with Gasteiger partial charge in [-0.05, 0) is 19.4 Å². The monoisotopic (exact) mass is 283 g/mol.